The van der Waals surface area contributed by atoms with Crippen molar-refractivity contribution in [1.29, 1.82) is 0 Å². The van der Waals surface area contributed by atoms with E-state index in [4.69, 9.17) is 5.84 Å². The van der Waals surface area contributed by atoms with Crippen molar-refractivity contribution in [3.8, 4) is 0 Å². The zero-order valence-corrected chi connectivity index (χ0v) is 11.9. The average Bonchev–Trinajstić information content (AvgIpc) is 2.28. The van der Waals surface area contributed by atoms with Gasteiger partial charge >= 0.3 is 0 Å². The van der Waals surface area contributed by atoms with Crippen LogP contribution in [0.5, 0.6) is 0 Å². The Bertz CT molecular complexity index is 355. The van der Waals surface area contributed by atoms with Crippen molar-refractivity contribution >= 4 is 15.9 Å². The summed E-state index contributed by atoms with van der Waals surface area (Å²) in [6.07, 6.45) is 3.26. The highest BCUT2D eigenvalue weighted by Crippen LogP contribution is 2.24. The largest absolute Gasteiger partial charge is 0.271 e. The number of nitrogens with one attached hydrogen (secondary N) is 1. The van der Waals surface area contributed by atoms with Crippen LogP contribution in [0.25, 0.3) is 0 Å². The van der Waals surface area contributed by atoms with Gasteiger partial charge in [-0.15, -0.1) is 0 Å². The molecule has 0 spiro atoms. The molecule has 1 unspecified atom stereocenters. The zero-order valence-electron chi connectivity index (χ0n) is 10.3. The molecule has 0 aliphatic rings. The monoisotopic (exact) mass is 302 g/mol. The zero-order chi connectivity index (χ0) is 12.8. The lowest BCUT2D eigenvalue weighted by Crippen LogP contribution is -2.28. The number of hydrazine groups is 1. The molecular formula is C13H20BrFN2. The van der Waals surface area contributed by atoms with Crippen molar-refractivity contribution in [1.82, 2.24) is 5.43 Å². The maximum absolute atomic E-state index is 13.1. The van der Waals surface area contributed by atoms with Gasteiger partial charge in [0.25, 0.3) is 0 Å². The third-order valence-electron chi connectivity index (χ3n) is 2.82. The van der Waals surface area contributed by atoms with E-state index in [9.17, 15) is 4.39 Å². The Balaban J connectivity index is 2.62. The van der Waals surface area contributed by atoms with Gasteiger partial charge in [0, 0.05) is 6.04 Å². The lowest BCUT2D eigenvalue weighted by molar-refractivity contribution is 0.454. The Hall–Kier alpha value is -0.450. The fourth-order valence-corrected chi connectivity index (χ4v) is 2.20. The first-order valence-corrected chi connectivity index (χ1v) is 6.75. The molecule has 1 atom stereocenters. The van der Waals surface area contributed by atoms with Crippen LogP contribution in [-0.2, 0) is 0 Å². The second kappa shape index (κ2) is 7.09. The van der Waals surface area contributed by atoms with E-state index in [1.807, 2.05) is 0 Å². The molecule has 1 rings (SSSR count). The van der Waals surface area contributed by atoms with E-state index in [2.05, 4.69) is 35.2 Å². The highest BCUT2D eigenvalue weighted by Gasteiger charge is 2.11. The number of rotatable bonds is 6. The summed E-state index contributed by atoms with van der Waals surface area (Å²) in [7, 11) is 0. The molecule has 0 amide bonds. The molecule has 4 heteroatoms. The molecule has 0 aliphatic carbocycles. The summed E-state index contributed by atoms with van der Waals surface area (Å²) >= 11 is 3.19. The van der Waals surface area contributed by atoms with Crippen LogP contribution in [0, 0.1) is 11.7 Å². The first kappa shape index (κ1) is 14.6. The third-order valence-corrected chi connectivity index (χ3v) is 3.43. The molecule has 3 N–H and O–H groups in total. The van der Waals surface area contributed by atoms with Gasteiger partial charge in [0.1, 0.15) is 5.82 Å². The van der Waals surface area contributed by atoms with Crippen LogP contribution in [0.15, 0.2) is 22.7 Å². The Labute approximate surface area is 111 Å². The normalized spacial score (nSPS) is 13.1. The van der Waals surface area contributed by atoms with Gasteiger partial charge < -0.3 is 0 Å². The van der Waals surface area contributed by atoms with E-state index in [0.717, 1.165) is 18.4 Å². The summed E-state index contributed by atoms with van der Waals surface area (Å²) in [5, 5.41) is 0. The molecule has 1 aromatic carbocycles. The highest BCUT2D eigenvalue weighted by atomic mass is 79.9. The van der Waals surface area contributed by atoms with Crippen LogP contribution in [-0.4, -0.2) is 0 Å². The van der Waals surface area contributed by atoms with E-state index in [1.54, 1.807) is 12.1 Å². The Morgan fingerprint density at radius 1 is 1.35 bits per heavy atom. The molecule has 0 fully saturated rings. The van der Waals surface area contributed by atoms with Gasteiger partial charge in [-0.1, -0.05) is 32.8 Å². The second-order valence-corrected chi connectivity index (χ2v) is 5.57. The SMILES string of the molecule is CC(C)CCCC(NN)c1ccc(F)c(Br)c1. The fraction of sp³-hybridized carbons (Fsp3) is 0.538. The lowest BCUT2D eigenvalue weighted by atomic mass is 9.98. The van der Waals surface area contributed by atoms with Crippen LogP contribution in [0.1, 0.15) is 44.7 Å². The van der Waals surface area contributed by atoms with Crippen molar-refractivity contribution in [3.05, 3.63) is 34.1 Å². The minimum absolute atomic E-state index is 0.0886. The van der Waals surface area contributed by atoms with E-state index in [-0.39, 0.29) is 11.9 Å². The summed E-state index contributed by atoms with van der Waals surface area (Å²) in [6, 6.07) is 5.12. The minimum Gasteiger partial charge on any atom is -0.271 e. The molecule has 0 bridgehead atoms. The molecule has 0 saturated heterocycles. The van der Waals surface area contributed by atoms with Gasteiger partial charge in [0.2, 0.25) is 0 Å². The second-order valence-electron chi connectivity index (χ2n) is 4.72. The summed E-state index contributed by atoms with van der Waals surface area (Å²) in [5.41, 5.74) is 3.81. The third kappa shape index (κ3) is 4.74. The predicted molar refractivity (Wildman–Crippen MR) is 72.9 cm³/mol. The summed E-state index contributed by atoms with van der Waals surface area (Å²) < 4.78 is 13.6. The van der Waals surface area contributed by atoms with E-state index >= 15 is 0 Å². The Morgan fingerprint density at radius 2 is 2.06 bits per heavy atom. The number of benzene rings is 1. The molecule has 17 heavy (non-hydrogen) atoms. The van der Waals surface area contributed by atoms with Crippen molar-refractivity contribution < 1.29 is 4.39 Å². The van der Waals surface area contributed by atoms with Gasteiger partial charge in [0.15, 0.2) is 0 Å². The van der Waals surface area contributed by atoms with Gasteiger partial charge in [-0.25, -0.2) is 4.39 Å². The maximum Gasteiger partial charge on any atom is 0.137 e. The van der Waals surface area contributed by atoms with Crippen LogP contribution < -0.4 is 11.3 Å². The minimum atomic E-state index is -0.244. The number of halogens is 2. The van der Waals surface area contributed by atoms with Crippen molar-refractivity contribution in [2.45, 2.75) is 39.2 Å². The fourth-order valence-electron chi connectivity index (χ4n) is 1.81. The molecule has 0 saturated carbocycles. The Kier molecular flexibility index (Phi) is 6.09. The molecule has 0 radical (unpaired) electrons. The number of hydrogen-bond acceptors (Lipinski definition) is 2. The average molecular weight is 303 g/mol. The van der Waals surface area contributed by atoms with Crippen molar-refractivity contribution in [3.63, 3.8) is 0 Å². The maximum atomic E-state index is 13.1. The summed E-state index contributed by atoms with van der Waals surface area (Å²) in [6.45, 7) is 4.42. The Morgan fingerprint density at radius 3 is 2.59 bits per heavy atom. The van der Waals surface area contributed by atoms with Gasteiger partial charge in [-0.05, 0) is 46.0 Å². The predicted octanol–water partition coefficient (Wildman–Crippen LogP) is 3.92. The first-order chi connectivity index (χ1) is 8.04. The molecule has 0 heterocycles. The lowest BCUT2D eigenvalue weighted by Gasteiger charge is -2.17. The summed E-state index contributed by atoms with van der Waals surface area (Å²) in [5.74, 6) is 6.01. The number of nitrogens with two attached hydrogens (primary N) is 1. The van der Waals surface area contributed by atoms with Crippen LogP contribution in [0.3, 0.4) is 0 Å². The van der Waals surface area contributed by atoms with Gasteiger partial charge in [-0.2, -0.15) is 0 Å². The molecule has 0 aromatic heterocycles. The van der Waals surface area contributed by atoms with Crippen LogP contribution in [0.2, 0.25) is 0 Å². The van der Waals surface area contributed by atoms with E-state index in [0.29, 0.717) is 10.4 Å². The quantitative estimate of drug-likeness (QED) is 0.617. The standard InChI is InChI=1S/C13H20BrFN2/c1-9(2)4-3-5-13(17-16)10-6-7-12(15)11(14)8-10/h6-9,13,17H,3-5,16H2,1-2H3. The van der Waals surface area contributed by atoms with Crippen molar-refractivity contribution in [2.75, 3.05) is 0 Å². The molecule has 0 aliphatic heterocycles. The van der Waals surface area contributed by atoms with Crippen molar-refractivity contribution in [2.24, 2.45) is 11.8 Å². The molecular weight excluding hydrogens is 283 g/mol. The van der Waals surface area contributed by atoms with Crippen LogP contribution >= 0.6 is 15.9 Å². The van der Waals surface area contributed by atoms with E-state index in [1.165, 1.54) is 12.5 Å². The summed E-state index contributed by atoms with van der Waals surface area (Å²) in [4.78, 5) is 0. The molecule has 96 valence electrons. The van der Waals surface area contributed by atoms with E-state index < -0.39 is 0 Å². The van der Waals surface area contributed by atoms with Crippen LogP contribution in [0.4, 0.5) is 4.39 Å². The van der Waals surface area contributed by atoms with Gasteiger partial charge in [-0.3, -0.25) is 11.3 Å². The molecule has 2 nitrogen and oxygen atoms in total. The topological polar surface area (TPSA) is 38.0 Å². The highest BCUT2D eigenvalue weighted by molar-refractivity contribution is 9.10. The number of hydrogen-bond donors (Lipinski definition) is 2. The van der Waals surface area contributed by atoms with Gasteiger partial charge in [0.05, 0.1) is 4.47 Å². The first-order valence-electron chi connectivity index (χ1n) is 5.95. The molecule has 1 aromatic rings. The smallest absolute Gasteiger partial charge is 0.137 e.